The van der Waals surface area contributed by atoms with Crippen molar-refractivity contribution >= 4 is 45.9 Å². The maximum atomic E-state index is 13.8. The molecule has 0 aromatic heterocycles. The van der Waals surface area contributed by atoms with Gasteiger partial charge in [0.2, 0.25) is 0 Å². The highest BCUT2D eigenvalue weighted by molar-refractivity contribution is 14.0. The van der Waals surface area contributed by atoms with E-state index in [1.807, 2.05) is 26.0 Å². The summed E-state index contributed by atoms with van der Waals surface area (Å²) in [4.78, 5) is 4.54. The average Bonchev–Trinajstić information content (AvgIpc) is 2.56. The molecule has 1 aromatic carbocycles. The number of hydrogen-bond donors (Lipinski definition) is 2. The fourth-order valence-electron chi connectivity index (χ4n) is 2.21. The van der Waals surface area contributed by atoms with Gasteiger partial charge in [0.15, 0.2) is 5.96 Å². The maximum absolute atomic E-state index is 13.8. The molecular formula is C18H30BrFIN3O. The van der Waals surface area contributed by atoms with Crippen LogP contribution in [0.5, 0.6) is 0 Å². The Morgan fingerprint density at radius 3 is 2.68 bits per heavy atom. The number of ether oxygens (including phenoxy) is 1. The van der Waals surface area contributed by atoms with Gasteiger partial charge in [-0.1, -0.05) is 22.0 Å². The Hall–Kier alpha value is -0.410. The molecule has 25 heavy (non-hydrogen) atoms. The lowest BCUT2D eigenvalue weighted by molar-refractivity contribution is 0.143. The Bertz CT molecular complexity index is 503. The number of benzene rings is 1. The average molecular weight is 530 g/mol. The normalized spacial score (nSPS) is 11.1. The van der Waals surface area contributed by atoms with Crippen molar-refractivity contribution in [2.45, 2.75) is 39.5 Å². The van der Waals surface area contributed by atoms with Crippen molar-refractivity contribution in [3.8, 4) is 0 Å². The van der Waals surface area contributed by atoms with Gasteiger partial charge in [-0.15, -0.1) is 24.0 Å². The SMILES string of the molecule is CCNC(=NCCCc1ccc(Br)cc1F)NCCCCOCC.I. The van der Waals surface area contributed by atoms with Crippen molar-refractivity contribution in [1.29, 1.82) is 0 Å². The number of aliphatic imine (C=N–C) groups is 1. The van der Waals surface area contributed by atoms with Crippen LogP contribution in [0.2, 0.25) is 0 Å². The van der Waals surface area contributed by atoms with Crippen molar-refractivity contribution in [1.82, 2.24) is 10.6 Å². The van der Waals surface area contributed by atoms with Gasteiger partial charge in [0.1, 0.15) is 5.82 Å². The van der Waals surface area contributed by atoms with Crippen LogP contribution in [0.3, 0.4) is 0 Å². The minimum atomic E-state index is -0.160. The summed E-state index contributed by atoms with van der Waals surface area (Å²) in [5, 5.41) is 6.55. The lowest BCUT2D eigenvalue weighted by Crippen LogP contribution is -2.38. The Balaban J connectivity index is 0.00000576. The third kappa shape index (κ3) is 11.8. The highest BCUT2D eigenvalue weighted by Gasteiger charge is 2.02. The predicted molar refractivity (Wildman–Crippen MR) is 118 cm³/mol. The molecule has 4 nitrogen and oxygen atoms in total. The number of unbranched alkanes of at least 4 members (excludes halogenated alkanes) is 1. The number of guanidine groups is 1. The number of aryl methyl sites for hydroxylation is 1. The van der Waals surface area contributed by atoms with E-state index in [-0.39, 0.29) is 29.8 Å². The second-order valence-corrected chi connectivity index (χ2v) is 6.35. The van der Waals surface area contributed by atoms with Crippen LogP contribution >= 0.6 is 39.9 Å². The van der Waals surface area contributed by atoms with Gasteiger partial charge in [-0.2, -0.15) is 0 Å². The second kappa shape index (κ2) is 15.8. The van der Waals surface area contributed by atoms with E-state index in [2.05, 4.69) is 31.6 Å². The molecular weight excluding hydrogens is 500 g/mol. The van der Waals surface area contributed by atoms with Gasteiger partial charge in [0, 0.05) is 37.3 Å². The molecule has 0 aliphatic rings. The summed E-state index contributed by atoms with van der Waals surface area (Å²) in [6.07, 6.45) is 3.60. The Labute approximate surface area is 176 Å². The predicted octanol–water partition coefficient (Wildman–Crippen LogP) is 4.51. The van der Waals surface area contributed by atoms with Crippen LogP contribution in [0.15, 0.2) is 27.7 Å². The zero-order chi connectivity index (χ0) is 17.6. The molecule has 7 heteroatoms. The monoisotopic (exact) mass is 529 g/mol. The van der Waals surface area contributed by atoms with E-state index in [0.29, 0.717) is 13.0 Å². The zero-order valence-corrected chi connectivity index (χ0v) is 19.0. The van der Waals surface area contributed by atoms with Crippen LogP contribution in [0.25, 0.3) is 0 Å². The van der Waals surface area contributed by atoms with E-state index >= 15 is 0 Å². The fraction of sp³-hybridized carbons (Fsp3) is 0.611. The number of rotatable bonds is 11. The summed E-state index contributed by atoms with van der Waals surface area (Å²) in [5.41, 5.74) is 0.738. The van der Waals surface area contributed by atoms with Gasteiger partial charge in [0.05, 0.1) is 0 Å². The highest BCUT2D eigenvalue weighted by Crippen LogP contribution is 2.16. The van der Waals surface area contributed by atoms with Gasteiger partial charge in [-0.3, -0.25) is 4.99 Å². The van der Waals surface area contributed by atoms with Crippen LogP contribution < -0.4 is 10.6 Å². The highest BCUT2D eigenvalue weighted by atomic mass is 127. The Morgan fingerprint density at radius 2 is 2.00 bits per heavy atom. The lowest BCUT2D eigenvalue weighted by atomic mass is 10.1. The van der Waals surface area contributed by atoms with Crippen molar-refractivity contribution in [2.24, 2.45) is 4.99 Å². The molecule has 0 aliphatic carbocycles. The third-order valence-corrected chi connectivity index (χ3v) is 3.94. The fourth-order valence-corrected chi connectivity index (χ4v) is 2.54. The number of nitrogens with one attached hydrogen (secondary N) is 2. The van der Waals surface area contributed by atoms with E-state index < -0.39 is 0 Å². The summed E-state index contributed by atoms with van der Waals surface area (Å²) < 4.78 is 19.8. The first-order valence-electron chi connectivity index (χ1n) is 8.71. The molecule has 0 bridgehead atoms. The van der Waals surface area contributed by atoms with Crippen LogP contribution in [0, 0.1) is 5.82 Å². The maximum Gasteiger partial charge on any atom is 0.191 e. The number of hydrogen-bond acceptors (Lipinski definition) is 2. The summed E-state index contributed by atoms with van der Waals surface area (Å²) >= 11 is 3.27. The first-order valence-corrected chi connectivity index (χ1v) is 9.50. The summed E-state index contributed by atoms with van der Waals surface area (Å²) in [7, 11) is 0. The molecule has 0 fully saturated rings. The third-order valence-electron chi connectivity index (χ3n) is 3.45. The first-order chi connectivity index (χ1) is 11.7. The topological polar surface area (TPSA) is 45.7 Å². The standard InChI is InChI=1S/C18H29BrFN3O.HI/c1-3-21-18(22-11-5-6-13-24-4-2)23-12-7-8-15-9-10-16(19)14-17(15)20;/h9-10,14H,3-8,11-13H2,1-2H3,(H2,21,22,23);1H. The Morgan fingerprint density at radius 1 is 1.20 bits per heavy atom. The molecule has 0 heterocycles. The molecule has 144 valence electrons. The first kappa shape index (κ1) is 24.6. The van der Waals surface area contributed by atoms with Crippen molar-refractivity contribution in [3.05, 3.63) is 34.1 Å². The van der Waals surface area contributed by atoms with E-state index in [9.17, 15) is 4.39 Å². The molecule has 0 radical (unpaired) electrons. The largest absolute Gasteiger partial charge is 0.382 e. The zero-order valence-electron chi connectivity index (χ0n) is 15.1. The van der Waals surface area contributed by atoms with Crippen LogP contribution in [-0.4, -0.2) is 38.8 Å². The van der Waals surface area contributed by atoms with E-state index in [1.165, 1.54) is 6.07 Å². The van der Waals surface area contributed by atoms with Gasteiger partial charge < -0.3 is 15.4 Å². The lowest BCUT2D eigenvalue weighted by Gasteiger charge is -2.11. The molecule has 2 N–H and O–H groups in total. The molecule has 0 saturated carbocycles. The Kier molecular flexibility index (Phi) is 15.6. The van der Waals surface area contributed by atoms with Crippen molar-refractivity contribution in [2.75, 3.05) is 32.8 Å². The molecule has 0 unspecified atom stereocenters. The molecule has 1 aromatic rings. The molecule has 0 aliphatic heterocycles. The van der Waals surface area contributed by atoms with Crippen molar-refractivity contribution in [3.63, 3.8) is 0 Å². The molecule has 0 spiro atoms. The minimum absolute atomic E-state index is 0. The quantitative estimate of drug-likeness (QED) is 0.192. The van der Waals surface area contributed by atoms with Crippen LogP contribution in [-0.2, 0) is 11.2 Å². The van der Waals surface area contributed by atoms with E-state index in [0.717, 1.165) is 61.6 Å². The van der Waals surface area contributed by atoms with E-state index in [4.69, 9.17) is 4.74 Å². The smallest absolute Gasteiger partial charge is 0.191 e. The van der Waals surface area contributed by atoms with Crippen LogP contribution in [0.4, 0.5) is 4.39 Å². The van der Waals surface area contributed by atoms with Crippen molar-refractivity contribution < 1.29 is 9.13 Å². The number of nitrogens with zero attached hydrogens (tertiary/aromatic N) is 1. The van der Waals surface area contributed by atoms with Gasteiger partial charge in [0.25, 0.3) is 0 Å². The molecule has 1 rings (SSSR count). The summed E-state index contributed by atoms with van der Waals surface area (Å²) in [6.45, 7) is 8.01. The number of halogens is 3. The van der Waals surface area contributed by atoms with Crippen LogP contribution in [0.1, 0.15) is 38.7 Å². The van der Waals surface area contributed by atoms with Gasteiger partial charge in [-0.25, -0.2) is 4.39 Å². The summed E-state index contributed by atoms with van der Waals surface area (Å²) in [6, 6.07) is 5.20. The minimum Gasteiger partial charge on any atom is -0.382 e. The summed E-state index contributed by atoms with van der Waals surface area (Å²) in [5.74, 6) is 0.665. The van der Waals surface area contributed by atoms with E-state index in [1.54, 1.807) is 0 Å². The second-order valence-electron chi connectivity index (χ2n) is 5.43. The molecule has 0 saturated heterocycles. The van der Waals surface area contributed by atoms with Gasteiger partial charge in [-0.05, 0) is 57.2 Å². The molecule has 0 amide bonds. The van der Waals surface area contributed by atoms with Gasteiger partial charge >= 0.3 is 0 Å². The molecule has 0 atom stereocenters.